The van der Waals surface area contributed by atoms with E-state index in [1.54, 1.807) is 0 Å². The van der Waals surface area contributed by atoms with E-state index in [1.165, 1.54) is 0 Å². The SMILES string of the molecule is CC(C)Cn1cnnc1CCNC(C)C. The van der Waals surface area contributed by atoms with Crippen LogP contribution in [0.5, 0.6) is 0 Å². The summed E-state index contributed by atoms with van der Waals surface area (Å²) in [6, 6.07) is 0.534. The van der Waals surface area contributed by atoms with Crippen molar-refractivity contribution in [3.63, 3.8) is 0 Å². The molecule has 0 aliphatic heterocycles. The van der Waals surface area contributed by atoms with E-state index < -0.39 is 0 Å². The second kappa shape index (κ2) is 5.85. The van der Waals surface area contributed by atoms with Crippen molar-refractivity contribution in [1.29, 1.82) is 0 Å². The van der Waals surface area contributed by atoms with Gasteiger partial charge in [-0.2, -0.15) is 0 Å². The Bertz CT molecular complexity index is 278. The number of aromatic nitrogens is 3. The van der Waals surface area contributed by atoms with Crippen LogP contribution in [0.15, 0.2) is 6.33 Å². The van der Waals surface area contributed by atoms with Crippen molar-refractivity contribution in [2.24, 2.45) is 5.92 Å². The van der Waals surface area contributed by atoms with E-state index in [2.05, 4.69) is 47.8 Å². The molecule has 4 heteroatoms. The average molecular weight is 210 g/mol. The molecule has 0 atom stereocenters. The van der Waals surface area contributed by atoms with Gasteiger partial charge in [0.15, 0.2) is 0 Å². The molecule has 1 heterocycles. The molecule has 4 nitrogen and oxygen atoms in total. The van der Waals surface area contributed by atoms with Crippen LogP contribution in [0, 0.1) is 5.92 Å². The van der Waals surface area contributed by atoms with E-state index in [4.69, 9.17) is 0 Å². The first-order valence-electron chi connectivity index (χ1n) is 5.69. The molecule has 0 amide bonds. The molecule has 0 bridgehead atoms. The summed E-state index contributed by atoms with van der Waals surface area (Å²) in [6.07, 6.45) is 2.77. The number of rotatable bonds is 6. The van der Waals surface area contributed by atoms with E-state index in [0.29, 0.717) is 12.0 Å². The molecule has 0 aliphatic rings. The molecule has 0 radical (unpaired) electrons. The van der Waals surface area contributed by atoms with Crippen LogP contribution in [0.3, 0.4) is 0 Å². The van der Waals surface area contributed by atoms with Crippen LogP contribution in [0.1, 0.15) is 33.5 Å². The first kappa shape index (κ1) is 12.2. The van der Waals surface area contributed by atoms with Crippen LogP contribution >= 0.6 is 0 Å². The molecule has 0 fully saturated rings. The summed E-state index contributed by atoms with van der Waals surface area (Å²) in [5, 5.41) is 11.5. The predicted octanol–water partition coefficient (Wildman–Crippen LogP) is 1.47. The van der Waals surface area contributed by atoms with E-state index in [9.17, 15) is 0 Å². The maximum Gasteiger partial charge on any atom is 0.134 e. The Morgan fingerprint density at radius 2 is 2.07 bits per heavy atom. The van der Waals surface area contributed by atoms with Gasteiger partial charge in [0.25, 0.3) is 0 Å². The Morgan fingerprint density at radius 3 is 2.67 bits per heavy atom. The minimum Gasteiger partial charge on any atom is -0.317 e. The topological polar surface area (TPSA) is 42.7 Å². The molecule has 86 valence electrons. The van der Waals surface area contributed by atoms with Gasteiger partial charge in [-0.15, -0.1) is 10.2 Å². The monoisotopic (exact) mass is 210 g/mol. The van der Waals surface area contributed by atoms with Crippen molar-refractivity contribution < 1.29 is 0 Å². The summed E-state index contributed by atoms with van der Waals surface area (Å²) in [6.45, 7) is 10.7. The Hall–Kier alpha value is -0.900. The smallest absolute Gasteiger partial charge is 0.134 e. The Kier molecular flexibility index (Phi) is 4.75. The van der Waals surface area contributed by atoms with Gasteiger partial charge in [0.05, 0.1) is 0 Å². The number of nitrogens with one attached hydrogen (secondary N) is 1. The highest BCUT2D eigenvalue weighted by atomic mass is 15.3. The summed E-state index contributed by atoms with van der Waals surface area (Å²) in [7, 11) is 0. The minimum atomic E-state index is 0.534. The molecular formula is C11H22N4. The third-order valence-corrected chi connectivity index (χ3v) is 2.16. The zero-order valence-electron chi connectivity index (χ0n) is 10.2. The van der Waals surface area contributed by atoms with Gasteiger partial charge in [0, 0.05) is 25.6 Å². The van der Waals surface area contributed by atoms with E-state index in [0.717, 1.165) is 25.3 Å². The maximum absolute atomic E-state index is 4.14. The van der Waals surface area contributed by atoms with Gasteiger partial charge < -0.3 is 9.88 Å². The fourth-order valence-electron chi connectivity index (χ4n) is 1.49. The molecule has 1 rings (SSSR count). The molecule has 0 unspecified atom stereocenters. The van der Waals surface area contributed by atoms with E-state index in [1.807, 2.05) is 6.33 Å². The summed E-state index contributed by atoms with van der Waals surface area (Å²) < 4.78 is 2.15. The Morgan fingerprint density at radius 1 is 1.33 bits per heavy atom. The predicted molar refractivity (Wildman–Crippen MR) is 61.7 cm³/mol. The molecule has 1 N–H and O–H groups in total. The normalized spacial score (nSPS) is 11.6. The molecule has 0 spiro atoms. The first-order valence-corrected chi connectivity index (χ1v) is 5.69. The summed E-state index contributed by atoms with van der Waals surface area (Å²) in [5.74, 6) is 1.72. The lowest BCUT2D eigenvalue weighted by molar-refractivity contribution is 0.497. The summed E-state index contributed by atoms with van der Waals surface area (Å²) in [5.41, 5.74) is 0. The zero-order valence-corrected chi connectivity index (χ0v) is 10.2. The van der Waals surface area contributed by atoms with Gasteiger partial charge in [-0.05, 0) is 5.92 Å². The van der Waals surface area contributed by atoms with Crippen molar-refractivity contribution in [3.8, 4) is 0 Å². The van der Waals surface area contributed by atoms with Crippen molar-refractivity contribution in [2.75, 3.05) is 6.54 Å². The minimum absolute atomic E-state index is 0.534. The molecule has 0 saturated heterocycles. The van der Waals surface area contributed by atoms with E-state index in [-0.39, 0.29) is 0 Å². The van der Waals surface area contributed by atoms with Gasteiger partial charge in [-0.25, -0.2) is 0 Å². The highest BCUT2D eigenvalue weighted by Gasteiger charge is 2.05. The number of hydrogen-bond acceptors (Lipinski definition) is 3. The third-order valence-electron chi connectivity index (χ3n) is 2.16. The van der Waals surface area contributed by atoms with E-state index >= 15 is 0 Å². The van der Waals surface area contributed by atoms with Gasteiger partial charge in [-0.3, -0.25) is 0 Å². The highest BCUT2D eigenvalue weighted by molar-refractivity contribution is 4.87. The second-order valence-electron chi connectivity index (χ2n) is 4.65. The third kappa shape index (κ3) is 4.42. The molecular weight excluding hydrogens is 188 g/mol. The lowest BCUT2D eigenvalue weighted by Crippen LogP contribution is -2.26. The standard InChI is InChI=1S/C11H22N4/c1-9(2)7-15-8-13-14-11(15)5-6-12-10(3)4/h8-10,12H,5-7H2,1-4H3. The number of nitrogens with zero attached hydrogens (tertiary/aromatic N) is 3. The lowest BCUT2D eigenvalue weighted by Gasteiger charge is -2.10. The molecule has 15 heavy (non-hydrogen) atoms. The summed E-state index contributed by atoms with van der Waals surface area (Å²) in [4.78, 5) is 0. The fraction of sp³-hybridized carbons (Fsp3) is 0.818. The van der Waals surface area contributed by atoms with Crippen molar-refractivity contribution in [2.45, 2.75) is 46.7 Å². The summed E-state index contributed by atoms with van der Waals surface area (Å²) >= 11 is 0. The van der Waals surface area contributed by atoms with Crippen LogP contribution in [-0.4, -0.2) is 27.4 Å². The van der Waals surface area contributed by atoms with Crippen molar-refractivity contribution in [3.05, 3.63) is 12.2 Å². The Balaban J connectivity index is 2.43. The molecule has 0 aliphatic carbocycles. The van der Waals surface area contributed by atoms with Crippen LogP contribution < -0.4 is 5.32 Å². The fourth-order valence-corrected chi connectivity index (χ4v) is 1.49. The highest BCUT2D eigenvalue weighted by Crippen LogP contribution is 2.02. The van der Waals surface area contributed by atoms with Crippen molar-refractivity contribution in [1.82, 2.24) is 20.1 Å². The van der Waals surface area contributed by atoms with Gasteiger partial charge >= 0.3 is 0 Å². The molecule has 1 aromatic heterocycles. The van der Waals surface area contributed by atoms with Gasteiger partial charge in [0.1, 0.15) is 12.2 Å². The largest absolute Gasteiger partial charge is 0.317 e. The molecule has 0 aromatic carbocycles. The van der Waals surface area contributed by atoms with Crippen LogP contribution in [0.25, 0.3) is 0 Å². The van der Waals surface area contributed by atoms with Gasteiger partial charge in [0.2, 0.25) is 0 Å². The maximum atomic E-state index is 4.14. The van der Waals surface area contributed by atoms with Gasteiger partial charge in [-0.1, -0.05) is 27.7 Å². The quantitative estimate of drug-likeness (QED) is 0.773. The number of hydrogen-bond donors (Lipinski definition) is 1. The molecule has 0 saturated carbocycles. The second-order valence-corrected chi connectivity index (χ2v) is 4.65. The van der Waals surface area contributed by atoms with Crippen molar-refractivity contribution >= 4 is 0 Å². The van der Waals surface area contributed by atoms with Crippen LogP contribution in [0.2, 0.25) is 0 Å². The molecule has 1 aromatic rings. The lowest BCUT2D eigenvalue weighted by atomic mass is 10.2. The Labute approximate surface area is 92.1 Å². The van der Waals surface area contributed by atoms with Crippen LogP contribution in [-0.2, 0) is 13.0 Å². The zero-order chi connectivity index (χ0) is 11.3. The first-order chi connectivity index (χ1) is 7.09. The average Bonchev–Trinajstić information content (AvgIpc) is 2.51. The van der Waals surface area contributed by atoms with Crippen LogP contribution in [0.4, 0.5) is 0 Å².